The quantitative estimate of drug-likeness (QED) is 0.0828. The third-order valence-electron chi connectivity index (χ3n) is 5.38. The Morgan fingerprint density at radius 1 is 0.750 bits per heavy atom. The van der Waals surface area contributed by atoms with Crippen molar-refractivity contribution >= 4 is 41.7 Å². The van der Waals surface area contributed by atoms with Gasteiger partial charge in [-0.25, -0.2) is 4.79 Å². The molecule has 0 aliphatic carbocycles. The van der Waals surface area contributed by atoms with E-state index < -0.39 is 17.9 Å². The first-order valence-corrected chi connectivity index (χ1v) is 13.4. The van der Waals surface area contributed by atoms with E-state index in [1.807, 2.05) is 0 Å². The number of nitrogens with one attached hydrogen (secondary N) is 5. The highest BCUT2D eigenvalue weighted by Gasteiger charge is 2.10. The van der Waals surface area contributed by atoms with E-state index in [0.717, 1.165) is 31.1 Å². The van der Waals surface area contributed by atoms with Gasteiger partial charge in [0.25, 0.3) is 0 Å². The Bertz CT molecular complexity index is 939. The van der Waals surface area contributed by atoms with Gasteiger partial charge in [-0.3, -0.25) is 19.2 Å². The number of amides is 5. The summed E-state index contributed by atoms with van der Waals surface area (Å²) in [5.41, 5.74) is 1.23. The lowest BCUT2D eigenvalue weighted by Crippen LogP contribution is -2.31. The van der Waals surface area contributed by atoms with Gasteiger partial charge in [0.15, 0.2) is 0 Å². The van der Waals surface area contributed by atoms with E-state index in [1.165, 1.54) is 7.05 Å². The first-order valence-electron chi connectivity index (χ1n) is 13.4. The first kappa shape index (κ1) is 34.0. The van der Waals surface area contributed by atoms with Crippen LogP contribution >= 0.6 is 0 Å². The van der Waals surface area contributed by atoms with Gasteiger partial charge in [-0.05, 0) is 30.5 Å². The summed E-state index contributed by atoms with van der Waals surface area (Å²) in [6, 6.07) is 6.68. The van der Waals surface area contributed by atoms with Gasteiger partial charge in [-0.2, -0.15) is 0 Å². The lowest BCUT2D eigenvalue weighted by Gasteiger charge is -2.09. The van der Waals surface area contributed by atoms with Crippen LogP contribution < -0.4 is 26.6 Å². The number of carbonyl (C=O) groups is 6. The van der Waals surface area contributed by atoms with Crippen molar-refractivity contribution in [2.75, 3.05) is 51.8 Å². The van der Waals surface area contributed by atoms with Crippen LogP contribution in [0.4, 0.5) is 10.5 Å². The molecule has 0 aromatic heterocycles. The highest BCUT2D eigenvalue weighted by molar-refractivity contribution is 6.03. The number of unbranched alkanes of at least 4 members (excludes halogenated alkanes) is 3. The van der Waals surface area contributed by atoms with Crippen LogP contribution in [0.2, 0.25) is 0 Å². The summed E-state index contributed by atoms with van der Waals surface area (Å²) < 4.78 is 10.4. The fraction of sp³-hybridized carbons (Fsp3) is 0.556. The lowest BCUT2D eigenvalue weighted by molar-refractivity contribution is -0.127. The van der Waals surface area contributed by atoms with E-state index >= 15 is 0 Å². The maximum absolute atomic E-state index is 12.1. The average Bonchev–Trinajstić information content (AvgIpc) is 2.93. The van der Waals surface area contributed by atoms with E-state index in [1.54, 1.807) is 24.3 Å². The molecule has 0 atom stereocenters. The molecule has 1 aromatic carbocycles. The van der Waals surface area contributed by atoms with Crippen molar-refractivity contribution in [1.82, 2.24) is 21.3 Å². The molecule has 0 saturated heterocycles. The Labute approximate surface area is 234 Å². The molecule has 0 bridgehead atoms. The molecule has 1 aromatic rings. The zero-order chi connectivity index (χ0) is 29.4. The van der Waals surface area contributed by atoms with Crippen LogP contribution in [0.15, 0.2) is 24.3 Å². The second-order valence-corrected chi connectivity index (χ2v) is 8.77. The Morgan fingerprint density at radius 3 is 2.23 bits per heavy atom. The molecule has 13 heteroatoms. The summed E-state index contributed by atoms with van der Waals surface area (Å²) in [7, 11) is 1.53. The fourth-order valence-corrected chi connectivity index (χ4v) is 3.27. The average molecular weight is 564 g/mol. The fourth-order valence-electron chi connectivity index (χ4n) is 3.27. The molecule has 0 fully saturated rings. The molecule has 40 heavy (non-hydrogen) atoms. The van der Waals surface area contributed by atoms with Crippen LogP contribution in [0.1, 0.15) is 50.5 Å². The molecular weight excluding hydrogens is 522 g/mol. The molecule has 0 unspecified atom stereocenters. The minimum Gasteiger partial charge on any atom is -0.449 e. The highest BCUT2D eigenvalue weighted by atomic mass is 16.5. The molecular formula is C27H41N5O8. The molecule has 0 saturated carbocycles. The first-order chi connectivity index (χ1) is 19.3. The smallest absolute Gasteiger partial charge is 0.407 e. The van der Waals surface area contributed by atoms with E-state index in [4.69, 9.17) is 9.47 Å². The maximum Gasteiger partial charge on any atom is 0.407 e. The molecule has 0 radical (unpaired) electrons. The SMILES string of the molecule is CNC(=O)CCNC(=O)Cc1ccc(NC(=O)CC(=O)NCCOCCCOC(=O)NCCCCCC=O)cc1. The Kier molecular flexibility index (Phi) is 18.6. The number of benzene rings is 1. The number of anilines is 1. The van der Waals surface area contributed by atoms with Crippen molar-refractivity contribution in [3.63, 3.8) is 0 Å². The van der Waals surface area contributed by atoms with Crippen LogP contribution in [-0.2, 0) is 39.9 Å². The lowest BCUT2D eigenvalue weighted by atomic mass is 10.1. The molecule has 0 heterocycles. The van der Waals surface area contributed by atoms with Gasteiger partial charge in [0, 0.05) is 58.2 Å². The molecule has 13 nitrogen and oxygen atoms in total. The second-order valence-electron chi connectivity index (χ2n) is 8.77. The van der Waals surface area contributed by atoms with Gasteiger partial charge in [0.05, 0.1) is 19.6 Å². The number of carbonyl (C=O) groups excluding carboxylic acids is 6. The van der Waals surface area contributed by atoms with E-state index in [-0.39, 0.29) is 57.4 Å². The van der Waals surface area contributed by atoms with E-state index in [9.17, 15) is 28.8 Å². The largest absolute Gasteiger partial charge is 0.449 e. The molecule has 0 aliphatic heterocycles. The van der Waals surface area contributed by atoms with Crippen LogP contribution in [-0.4, -0.2) is 82.5 Å². The van der Waals surface area contributed by atoms with Gasteiger partial charge in [-0.15, -0.1) is 0 Å². The Balaban J connectivity index is 2.07. The van der Waals surface area contributed by atoms with Gasteiger partial charge >= 0.3 is 6.09 Å². The van der Waals surface area contributed by atoms with E-state index in [0.29, 0.717) is 31.7 Å². The zero-order valence-corrected chi connectivity index (χ0v) is 23.1. The predicted molar refractivity (Wildman–Crippen MR) is 147 cm³/mol. The topological polar surface area (TPSA) is 181 Å². The Hall–Kier alpha value is -4.00. The van der Waals surface area contributed by atoms with Gasteiger partial charge in [-0.1, -0.05) is 18.6 Å². The molecule has 5 amide bonds. The number of alkyl carbamates (subject to hydrolysis) is 1. The van der Waals surface area contributed by atoms with Gasteiger partial charge in [0.2, 0.25) is 23.6 Å². The van der Waals surface area contributed by atoms with Crippen molar-refractivity contribution < 1.29 is 38.2 Å². The highest BCUT2D eigenvalue weighted by Crippen LogP contribution is 2.10. The summed E-state index contributed by atoms with van der Waals surface area (Å²) in [5, 5.41) is 13.0. The number of rotatable bonds is 21. The van der Waals surface area contributed by atoms with Crippen LogP contribution in [0.3, 0.4) is 0 Å². The second kappa shape index (κ2) is 21.9. The van der Waals surface area contributed by atoms with E-state index in [2.05, 4.69) is 26.6 Å². The van der Waals surface area contributed by atoms with Crippen molar-refractivity contribution in [2.45, 2.75) is 51.4 Å². The van der Waals surface area contributed by atoms with Crippen LogP contribution in [0.5, 0.6) is 0 Å². The normalized spacial score (nSPS) is 10.2. The third kappa shape index (κ3) is 18.3. The number of hydrogen-bond donors (Lipinski definition) is 5. The number of aldehydes is 1. The summed E-state index contributed by atoms with van der Waals surface area (Å²) >= 11 is 0. The van der Waals surface area contributed by atoms with Gasteiger partial charge in [0.1, 0.15) is 12.7 Å². The van der Waals surface area contributed by atoms with Crippen molar-refractivity contribution in [1.29, 1.82) is 0 Å². The summed E-state index contributed by atoms with van der Waals surface area (Å²) in [6.07, 6.45) is 3.90. The molecule has 0 aliphatic rings. The minimum absolute atomic E-state index is 0.139. The minimum atomic E-state index is -0.491. The predicted octanol–water partition coefficient (Wildman–Crippen LogP) is 0.818. The van der Waals surface area contributed by atoms with Gasteiger partial charge < -0.3 is 40.9 Å². The van der Waals surface area contributed by atoms with Crippen LogP contribution in [0.25, 0.3) is 0 Å². The molecule has 0 spiro atoms. The molecule has 222 valence electrons. The summed E-state index contributed by atoms with van der Waals surface area (Å²) in [5.74, 6) is -1.29. The molecule has 5 N–H and O–H groups in total. The third-order valence-corrected chi connectivity index (χ3v) is 5.38. The Morgan fingerprint density at radius 2 is 1.50 bits per heavy atom. The van der Waals surface area contributed by atoms with Crippen LogP contribution in [0, 0.1) is 0 Å². The monoisotopic (exact) mass is 563 g/mol. The summed E-state index contributed by atoms with van der Waals surface area (Å²) in [4.78, 5) is 68.9. The van der Waals surface area contributed by atoms with Crippen molar-refractivity contribution in [2.24, 2.45) is 0 Å². The maximum atomic E-state index is 12.1. The van der Waals surface area contributed by atoms with Crippen molar-refractivity contribution in [3.05, 3.63) is 29.8 Å². The number of ether oxygens (including phenoxy) is 2. The van der Waals surface area contributed by atoms with Crippen molar-refractivity contribution in [3.8, 4) is 0 Å². The molecule has 1 rings (SSSR count). The standard InChI is InChI=1S/C27H41N5O8/c1-28-23(34)11-13-29-24(35)19-21-7-9-22(10-8-21)32-26(37)20-25(36)30-14-18-39-16-6-17-40-27(38)31-12-4-2-3-5-15-33/h7-10,15H,2-6,11-14,16-20H2,1H3,(H,28,34)(H,29,35)(H,30,36)(H,31,38)(H,32,37). The summed E-state index contributed by atoms with van der Waals surface area (Å²) in [6.45, 7) is 1.79. The number of hydrogen-bond acceptors (Lipinski definition) is 8. The zero-order valence-electron chi connectivity index (χ0n) is 23.1.